The Morgan fingerprint density at radius 3 is 1.57 bits per heavy atom. The number of hydrogen-bond donors (Lipinski definition) is 0. The maximum atomic E-state index is 12.3. The Labute approximate surface area is 125 Å². The van der Waals surface area contributed by atoms with Gasteiger partial charge in [0.25, 0.3) is 0 Å². The highest BCUT2D eigenvalue weighted by atomic mass is 16.6. The van der Waals surface area contributed by atoms with Gasteiger partial charge in [-0.2, -0.15) is 4.90 Å². The van der Waals surface area contributed by atoms with E-state index >= 15 is 0 Å². The molecule has 1 fully saturated rings. The summed E-state index contributed by atoms with van der Waals surface area (Å²) in [4.78, 5) is 36.9. The van der Waals surface area contributed by atoms with Gasteiger partial charge < -0.3 is 14.3 Å². The third kappa shape index (κ3) is 4.19. The second-order valence-corrected chi connectivity index (χ2v) is 7.51. The molecule has 2 amide bonds. The Morgan fingerprint density at radius 2 is 1.38 bits per heavy atom. The van der Waals surface area contributed by atoms with E-state index < -0.39 is 28.9 Å². The van der Waals surface area contributed by atoms with Crippen molar-refractivity contribution >= 4 is 18.5 Å². The summed E-state index contributed by atoms with van der Waals surface area (Å²) in [6, 6.07) is 0. The van der Waals surface area contributed by atoms with E-state index in [1.54, 1.807) is 48.5 Å². The fourth-order valence-corrected chi connectivity index (χ4v) is 1.99. The Bertz CT molecular complexity index is 418. The summed E-state index contributed by atoms with van der Waals surface area (Å²) in [5.74, 6) is -0.102. The fourth-order valence-electron chi connectivity index (χ4n) is 1.99. The number of aldehydes is 1. The van der Waals surface area contributed by atoms with Crippen LogP contribution in [0.5, 0.6) is 0 Å². The highest BCUT2D eigenvalue weighted by Gasteiger charge is 2.61. The molecule has 0 saturated heterocycles. The van der Waals surface area contributed by atoms with Crippen LogP contribution in [0.2, 0.25) is 0 Å². The van der Waals surface area contributed by atoms with Gasteiger partial charge in [-0.1, -0.05) is 6.92 Å². The highest BCUT2D eigenvalue weighted by Crippen LogP contribution is 2.47. The second kappa shape index (κ2) is 5.31. The summed E-state index contributed by atoms with van der Waals surface area (Å²) in [6.07, 6.45) is -0.651. The summed E-state index contributed by atoms with van der Waals surface area (Å²) in [5.41, 5.74) is -2.68. The van der Waals surface area contributed by atoms with Gasteiger partial charge in [0.05, 0.1) is 0 Å². The van der Waals surface area contributed by atoms with Gasteiger partial charge in [0.15, 0.2) is 0 Å². The molecule has 2 atom stereocenters. The van der Waals surface area contributed by atoms with Gasteiger partial charge in [-0.3, -0.25) is 0 Å². The molecule has 0 heterocycles. The van der Waals surface area contributed by atoms with Gasteiger partial charge in [0.2, 0.25) is 0 Å². The Hall–Kier alpha value is -1.59. The van der Waals surface area contributed by atoms with Crippen molar-refractivity contribution in [2.24, 2.45) is 5.92 Å². The lowest BCUT2D eigenvalue weighted by Gasteiger charge is -2.31. The van der Waals surface area contributed by atoms with Gasteiger partial charge >= 0.3 is 12.2 Å². The quantitative estimate of drug-likeness (QED) is 0.732. The molecule has 0 spiro atoms. The molecule has 0 aromatic carbocycles. The first-order valence-electron chi connectivity index (χ1n) is 7.05. The van der Waals surface area contributed by atoms with Crippen molar-refractivity contribution in [1.82, 2.24) is 4.90 Å². The zero-order valence-electron chi connectivity index (χ0n) is 13.9. The molecule has 0 aromatic rings. The molecule has 1 aliphatic rings. The standard InChI is InChI=1S/C15H25NO5/c1-10-8-15(10,9-17)16(11(18)20-13(2,3)4)12(19)21-14(5,6)7/h9-10H,8H2,1-7H3/t10-,15+/m1/s1. The van der Waals surface area contributed by atoms with Gasteiger partial charge in [0.1, 0.15) is 23.0 Å². The van der Waals surface area contributed by atoms with Crippen molar-refractivity contribution in [3.05, 3.63) is 0 Å². The minimum Gasteiger partial charge on any atom is -0.443 e. The molecule has 0 bridgehead atoms. The molecule has 120 valence electrons. The molecule has 0 aromatic heterocycles. The number of hydrogen-bond acceptors (Lipinski definition) is 5. The summed E-state index contributed by atoms with van der Waals surface area (Å²) >= 11 is 0. The molecule has 1 rings (SSSR count). The van der Waals surface area contributed by atoms with Gasteiger partial charge in [-0.05, 0) is 53.9 Å². The second-order valence-electron chi connectivity index (χ2n) is 7.51. The lowest BCUT2D eigenvalue weighted by molar-refractivity contribution is -0.114. The first kappa shape index (κ1) is 17.5. The van der Waals surface area contributed by atoms with E-state index in [4.69, 9.17) is 9.47 Å². The SMILES string of the molecule is C[C@@H]1C[C@@]1(C=O)N(C(=O)OC(C)(C)C)C(=O)OC(C)(C)C. The van der Waals surface area contributed by atoms with Gasteiger partial charge in [0, 0.05) is 0 Å². The van der Waals surface area contributed by atoms with Crippen LogP contribution in [0, 0.1) is 5.92 Å². The highest BCUT2D eigenvalue weighted by molar-refractivity contribution is 5.95. The monoisotopic (exact) mass is 299 g/mol. The molecule has 0 radical (unpaired) electrons. The Kier molecular flexibility index (Phi) is 4.42. The van der Waals surface area contributed by atoms with E-state index in [0.717, 1.165) is 4.90 Å². The lowest BCUT2D eigenvalue weighted by Crippen LogP contribution is -2.52. The van der Waals surface area contributed by atoms with Crippen LogP contribution in [0.1, 0.15) is 54.9 Å². The molecule has 6 nitrogen and oxygen atoms in total. The topological polar surface area (TPSA) is 72.9 Å². The van der Waals surface area contributed by atoms with E-state index in [9.17, 15) is 14.4 Å². The molecule has 1 aliphatic carbocycles. The first-order chi connectivity index (χ1) is 9.32. The lowest BCUT2D eigenvalue weighted by atomic mass is 10.2. The van der Waals surface area contributed by atoms with Crippen LogP contribution in [-0.2, 0) is 14.3 Å². The zero-order chi connectivity index (χ0) is 16.6. The summed E-state index contributed by atoms with van der Waals surface area (Å²) in [7, 11) is 0. The van der Waals surface area contributed by atoms with Crippen molar-refractivity contribution < 1.29 is 23.9 Å². The van der Waals surface area contributed by atoms with Crippen molar-refractivity contribution in [3.63, 3.8) is 0 Å². The predicted molar refractivity (Wildman–Crippen MR) is 76.9 cm³/mol. The fraction of sp³-hybridized carbons (Fsp3) is 0.800. The summed E-state index contributed by atoms with van der Waals surface area (Å²) < 4.78 is 10.5. The molecule has 6 heteroatoms. The van der Waals surface area contributed by atoms with Crippen molar-refractivity contribution in [2.75, 3.05) is 0 Å². The average Bonchev–Trinajstić information content (AvgIpc) is 2.84. The van der Waals surface area contributed by atoms with Crippen LogP contribution < -0.4 is 0 Å². The van der Waals surface area contributed by atoms with Crippen molar-refractivity contribution in [3.8, 4) is 0 Å². The average molecular weight is 299 g/mol. The number of carbonyl (C=O) groups excluding carboxylic acids is 3. The van der Waals surface area contributed by atoms with Crippen LogP contribution in [0.25, 0.3) is 0 Å². The van der Waals surface area contributed by atoms with E-state index in [1.807, 2.05) is 0 Å². The normalized spacial score (nSPS) is 25.0. The maximum absolute atomic E-state index is 12.3. The number of imide groups is 1. The minimum atomic E-state index is -1.15. The largest absolute Gasteiger partial charge is 0.443 e. The molecule has 0 unspecified atom stereocenters. The maximum Gasteiger partial charge on any atom is 0.420 e. The molecule has 1 saturated carbocycles. The molecule has 0 aliphatic heterocycles. The minimum absolute atomic E-state index is 0.102. The molecule has 21 heavy (non-hydrogen) atoms. The van der Waals surface area contributed by atoms with Crippen molar-refractivity contribution in [1.29, 1.82) is 0 Å². The molecule has 0 N–H and O–H groups in total. The number of carbonyl (C=O) groups is 3. The summed E-state index contributed by atoms with van der Waals surface area (Å²) in [6.45, 7) is 12.0. The third-order valence-electron chi connectivity index (χ3n) is 3.10. The smallest absolute Gasteiger partial charge is 0.420 e. The van der Waals surface area contributed by atoms with Crippen LogP contribution in [0.4, 0.5) is 9.59 Å². The number of rotatable bonds is 2. The number of ether oxygens (including phenoxy) is 2. The van der Waals surface area contributed by atoms with Gasteiger partial charge in [-0.25, -0.2) is 9.59 Å². The van der Waals surface area contributed by atoms with Crippen LogP contribution in [0.15, 0.2) is 0 Å². The predicted octanol–water partition coefficient (Wildman–Crippen LogP) is 3.14. The van der Waals surface area contributed by atoms with Crippen molar-refractivity contribution in [2.45, 2.75) is 71.6 Å². The summed E-state index contributed by atoms with van der Waals surface area (Å²) in [5, 5.41) is 0. The van der Waals surface area contributed by atoms with E-state index in [-0.39, 0.29) is 5.92 Å². The van der Waals surface area contributed by atoms with E-state index in [2.05, 4.69) is 0 Å². The molecular formula is C15H25NO5. The van der Waals surface area contributed by atoms with Crippen LogP contribution in [-0.4, -0.2) is 40.1 Å². The zero-order valence-corrected chi connectivity index (χ0v) is 13.9. The Morgan fingerprint density at radius 1 is 1.05 bits per heavy atom. The first-order valence-corrected chi connectivity index (χ1v) is 7.05. The Balaban J connectivity index is 3.05. The number of amides is 2. The van der Waals surface area contributed by atoms with Crippen LogP contribution in [0.3, 0.4) is 0 Å². The third-order valence-corrected chi connectivity index (χ3v) is 3.10. The van der Waals surface area contributed by atoms with Crippen LogP contribution >= 0.6 is 0 Å². The van der Waals surface area contributed by atoms with E-state index in [1.165, 1.54) is 0 Å². The van der Waals surface area contributed by atoms with E-state index in [0.29, 0.717) is 12.7 Å². The number of nitrogens with zero attached hydrogens (tertiary/aromatic N) is 1. The molecular weight excluding hydrogens is 274 g/mol. The van der Waals surface area contributed by atoms with Gasteiger partial charge in [-0.15, -0.1) is 0 Å².